The van der Waals surface area contributed by atoms with Gasteiger partial charge in [0.2, 0.25) is 0 Å². The van der Waals surface area contributed by atoms with Crippen LogP contribution in [-0.4, -0.2) is 23.5 Å². The number of carbonyl (C=O) groups is 1. The maximum atomic E-state index is 12.8. The van der Waals surface area contributed by atoms with E-state index in [2.05, 4.69) is 30.5 Å². The zero-order valence-corrected chi connectivity index (χ0v) is 14.7. The number of piperidine rings is 1. The van der Waals surface area contributed by atoms with Crippen LogP contribution in [-0.2, 0) is 22.7 Å². The molecule has 1 fully saturated rings. The van der Waals surface area contributed by atoms with Crippen molar-refractivity contribution in [1.29, 1.82) is 0 Å². The molecule has 0 amide bonds. The van der Waals surface area contributed by atoms with Crippen LogP contribution in [0.3, 0.4) is 0 Å². The molecule has 0 bridgehead atoms. The van der Waals surface area contributed by atoms with Crippen LogP contribution in [0.2, 0.25) is 0 Å². The molecule has 0 N–H and O–H groups in total. The third kappa shape index (κ3) is 4.58. The smallest absolute Gasteiger partial charge is 0.324 e. The second-order valence-corrected chi connectivity index (χ2v) is 6.86. The van der Waals surface area contributed by atoms with Crippen LogP contribution in [0.15, 0.2) is 72.8 Å². The molecule has 0 unspecified atom stereocenters. The van der Waals surface area contributed by atoms with Gasteiger partial charge in [0, 0.05) is 13.1 Å². The minimum atomic E-state index is -0.227. The van der Waals surface area contributed by atoms with Crippen LogP contribution in [0, 0.1) is 5.92 Å². The molecule has 3 heteroatoms. The quantitative estimate of drug-likeness (QED) is 0.606. The Labute approximate surface area is 149 Å². The summed E-state index contributed by atoms with van der Waals surface area (Å²) in [7, 11) is 0. The first kappa shape index (κ1) is 17.4. The van der Waals surface area contributed by atoms with Crippen molar-refractivity contribution in [3.63, 3.8) is 0 Å². The predicted molar refractivity (Wildman–Crippen MR) is 99.8 cm³/mol. The van der Waals surface area contributed by atoms with Crippen molar-refractivity contribution in [2.45, 2.75) is 32.5 Å². The summed E-state index contributed by atoms with van der Waals surface area (Å²) in [6, 6.07) is 19.8. The monoisotopic (exact) mass is 335 g/mol. The first-order valence-corrected chi connectivity index (χ1v) is 8.78. The molecular weight excluding hydrogens is 310 g/mol. The van der Waals surface area contributed by atoms with Gasteiger partial charge in [-0.1, -0.05) is 79.7 Å². The molecule has 2 aromatic rings. The molecule has 0 saturated carbocycles. The Morgan fingerprint density at radius 3 is 2.32 bits per heavy atom. The van der Waals surface area contributed by atoms with Crippen LogP contribution in [0.5, 0.6) is 0 Å². The molecular formula is C22H25NO2. The summed E-state index contributed by atoms with van der Waals surface area (Å²) < 4.78 is 5.63. The average molecular weight is 335 g/mol. The number of hydrogen-bond acceptors (Lipinski definition) is 3. The normalized spacial score (nSPS) is 21.1. The van der Waals surface area contributed by atoms with E-state index in [0.29, 0.717) is 6.61 Å². The predicted octanol–water partition coefficient (Wildman–Crippen LogP) is 4.20. The van der Waals surface area contributed by atoms with Crippen molar-refractivity contribution >= 4 is 5.97 Å². The second kappa shape index (κ2) is 8.13. The molecule has 0 radical (unpaired) electrons. The molecule has 1 aliphatic rings. The van der Waals surface area contributed by atoms with Crippen molar-refractivity contribution in [3.8, 4) is 0 Å². The van der Waals surface area contributed by atoms with Crippen molar-refractivity contribution in [3.05, 3.63) is 83.9 Å². The fourth-order valence-corrected chi connectivity index (χ4v) is 3.54. The topological polar surface area (TPSA) is 29.5 Å². The number of hydrogen-bond donors (Lipinski definition) is 0. The number of nitrogens with zero attached hydrogens (tertiary/aromatic N) is 1. The van der Waals surface area contributed by atoms with Crippen LogP contribution in [0.4, 0.5) is 0 Å². The zero-order chi connectivity index (χ0) is 17.6. The Morgan fingerprint density at radius 2 is 1.68 bits per heavy atom. The Kier molecular flexibility index (Phi) is 5.67. The van der Waals surface area contributed by atoms with Crippen molar-refractivity contribution < 1.29 is 9.53 Å². The fourth-order valence-electron chi connectivity index (χ4n) is 3.54. The number of likely N-dealkylation sites (tertiary alicyclic amines) is 1. The maximum absolute atomic E-state index is 12.8. The lowest BCUT2D eigenvalue weighted by molar-refractivity contribution is -0.154. The van der Waals surface area contributed by atoms with Crippen molar-refractivity contribution in [2.24, 2.45) is 5.92 Å². The summed E-state index contributed by atoms with van der Waals surface area (Å²) in [6.45, 7) is 8.05. The largest absolute Gasteiger partial charge is 0.460 e. The lowest BCUT2D eigenvalue weighted by Crippen LogP contribution is -2.50. The minimum Gasteiger partial charge on any atom is -0.460 e. The molecule has 1 saturated heterocycles. The number of benzene rings is 2. The number of rotatable bonds is 5. The van der Waals surface area contributed by atoms with E-state index in [4.69, 9.17) is 4.74 Å². The second-order valence-electron chi connectivity index (χ2n) is 6.86. The Bertz CT molecular complexity index is 711. The minimum absolute atomic E-state index is 0.139. The van der Waals surface area contributed by atoms with Gasteiger partial charge in [0.05, 0.1) is 0 Å². The van der Waals surface area contributed by atoms with Crippen LogP contribution in [0.25, 0.3) is 0 Å². The summed E-state index contributed by atoms with van der Waals surface area (Å²) in [5, 5.41) is 0. The fraction of sp³-hybridized carbons (Fsp3) is 0.318. The van der Waals surface area contributed by atoms with Gasteiger partial charge in [-0.05, 0) is 23.5 Å². The van der Waals surface area contributed by atoms with Gasteiger partial charge in [-0.15, -0.1) is 0 Å². The summed E-state index contributed by atoms with van der Waals surface area (Å²) >= 11 is 0. The third-order valence-corrected chi connectivity index (χ3v) is 4.66. The third-order valence-electron chi connectivity index (χ3n) is 4.66. The van der Waals surface area contributed by atoms with E-state index in [1.165, 1.54) is 11.1 Å². The number of carbonyl (C=O) groups excluding carboxylic acids is 1. The highest BCUT2D eigenvalue weighted by atomic mass is 16.5. The lowest BCUT2D eigenvalue weighted by atomic mass is 9.88. The summed E-state index contributed by atoms with van der Waals surface area (Å²) in [4.78, 5) is 15.0. The van der Waals surface area contributed by atoms with Gasteiger partial charge in [-0.25, -0.2) is 0 Å². The van der Waals surface area contributed by atoms with Gasteiger partial charge in [0.1, 0.15) is 12.6 Å². The molecule has 25 heavy (non-hydrogen) atoms. The van der Waals surface area contributed by atoms with Crippen LogP contribution < -0.4 is 0 Å². The van der Waals surface area contributed by atoms with E-state index in [0.717, 1.165) is 25.1 Å². The highest BCUT2D eigenvalue weighted by molar-refractivity contribution is 5.76. The first-order valence-electron chi connectivity index (χ1n) is 8.78. The van der Waals surface area contributed by atoms with E-state index >= 15 is 0 Å². The molecule has 3 nitrogen and oxygen atoms in total. The number of ether oxygens (including phenoxy) is 1. The summed E-state index contributed by atoms with van der Waals surface area (Å²) in [5.74, 6) is 0.0630. The zero-order valence-electron chi connectivity index (χ0n) is 14.7. The van der Waals surface area contributed by atoms with Gasteiger partial charge < -0.3 is 4.74 Å². The van der Waals surface area contributed by atoms with Gasteiger partial charge in [-0.3, -0.25) is 9.69 Å². The van der Waals surface area contributed by atoms with E-state index < -0.39 is 0 Å². The number of esters is 1. The molecule has 2 aromatic carbocycles. The van der Waals surface area contributed by atoms with E-state index in [-0.39, 0.29) is 17.9 Å². The summed E-state index contributed by atoms with van der Waals surface area (Å²) in [5.41, 5.74) is 3.39. The van der Waals surface area contributed by atoms with Crippen LogP contribution >= 0.6 is 0 Å². The molecule has 1 aliphatic heterocycles. The van der Waals surface area contributed by atoms with E-state index in [1.807, 2.05) is 48.5 Å². The molecule has 130 valence electrons. The molecule has 0 spiro atoms. The summed E-state index contributed by atoms with van der Waals surface area (Å²) in [6.07, 6.45) is 0.871. The standard InChI is InChI=1S/C22H25NO2/c1-17-13-18(2)21(22(24)25-16-20-11-7-4-8-12-20)23(14-17)15-19-9-5-3-6-10-19/h3-12,18,21H,1,13-16H2,2H3/t18-,21-/m0/s1. The van der Waals surface area contributed by atoms with Crippen molar-refractivity contribution in [2.75, 3.05) is 6.54 Å². The van der Waals surface area contributed by atoms with Gasteiger partial charge in [0.15, 0.2) is 0 Å². The van der Waals surface area contributed by atoms with E-state index in [9.17, 15) is 4.79 Å². The van der Waals surface area contributed by atoms with E-state index in [1.54, 1.807) is 0 Å². The first-order chi connectivity index (χ1) is 12.1. The SMILES string of the molecule is C=C1C[C@H](C)[C@@H](C(=O)OCc2ccccc2)N(Cc2ccccc2)C1. The van der Waals surface area contributed by atoms with Gasteiger partial charge >= 0.3 is 5.97 Å². The molecule has 2 atom stereocenters. The highest BCUT2D eigenvalue weighted by Gasteiger charge is 2.36. The maximum Gasteiger partial charge on any atom is 0.324 e. The Balaban J connectivity index is 1.70. The average Bonchev–Trinajstić information content (AvgIpc) is 2.61. The molecule has 3 rings (SSSR count). The Morgan fingerprint density at radius 1 is 1.08 bits per heavy atom. The van der Waals surface area contributed by atoms with Crippen molar-refractivity contribution in [1.82, 2.24) is 4.90 Å². The Hall–Kier alpha value is -2.39. The molecule has 1 heterocycles. The molecule has 0 aliphatic carbocycles. The van der Waals surface area contributed by atoms with Gasteiger partial charge in [0.25, 0.3) is 0 Å². The van der Waals surface area contributed by atoms with Crippen LogP contribution in [0.1, 0.15) is 24.5 Å². The molecule has 0 aromatic heterocycles. The van der Waals surface area contributed by atoms with Gasteiger partial charge in [-0.2, -0.15) is 0 Å². The lowest BCUT2D eigenvalue weighted by Gasteiger charge is -2.39. The highest BCUT2D eigenvalue weighted by Crippen LogP contribution is 2.28.